The number of rotatable bonds is 1. The zero-order valence-electron chi connectivity index (χ0n) is 5.44. The summed E-state index contributed by atoms with van der Waals surface area (Å²) in [6, 6.07) is 2.70. The molecule has 0 radical (unpaired) electrons. The molecule has 1 nitrogen and oxygen atoms in total. The lowest BCUT2D eigenvalue weighted by Gasteiger charge is -2.02. The Labute approximate surface area is 76.9 Å². The summed E-state index contributed by atoms with van der Waals surface area (Å²) in [5, 5.41) is 8.73. The van der Waals surface area contributed by atoms with E-state index < -0.39 is 5.82 Å². The maximum absolute atomic E-state index is 12.7. The van der Waals surface area contributed by atoms with E-state index in [1.807, 2.05) is 0 Å². The highest BCUT2D eigenvalue weighted by Crippen LogP contribution is 2.28. The molecule has 0 aliphatic heterocycles. The van der Waals surface area contributed by atoms with Crippen molar-refractivity contribution in [3.05, 3.63) is 33.0 Å². The van der Waals surface area contributed by atoms with Gasteiger partial charge in [-0.15, -0.1) is 0 Å². The molecule has 0 atom stereocenters. The van der Waals surface area contributed by atoms with Crippen LogP contribution in [0, 0.1) is 5.82 Å². The molecule has 60 valence electrons. The van der Waals surface area contributed by atoms with Crippen LogP contribution < -0.4 is 0 Å². The van der Waals surface area contributed by atoms with Gasteiger partial charge in [-0.2, -0.15) is 0 Å². The molecule has 4 heteroatoms. The number of hydrogen-bond donors (Lipinski definition) is 1. The SMILES string of the molecule is OCc1ccc(F)c(Cl)c1Br. The number of benzene rings is 1. The molecule has 1 aromatic rings. The van der Waals surface area contributed by atoms with Gasteiger partial charge in [0, 0.05) is 4.47 Å². The Morgan fingerprint density at radius 1 is 1.55 bits per heavy atom. The normalized spacial score (nSPS) is 10.2. The Balaban J connectivity index is 3.25. The van der Waals surface area contributed by atoms with Crippen molar-refractivity contribution in [2.75, 3.05) is 0 Å². The molecule has 1 N–H and O–H groups in total. The van der Waals surface area contributed by atoms with E-state index in [4.69, 9.17) is 16.7 Å². The van der Waals surface area contributed by atoms with Gasteiger partial charge in [-0.25, -0.2) is 4.39 Å². The average Bonchev–Trinajstić information content (AvgIpc) is 2.01. The lowest BCUT2D eigenvalue weighted by atomic mass is 10.2. The first kappa shape index (κ1) is 8.97. The van der Waals surface area contributed by atoms with E-state index in [0.717, 1.165) is 0 Å². The Morgan fingerprint density at radius 2 is 2.18 bits per heavy atom. The molecule has 0 aromatic heterocycles. The predicted octanol–water partition coefficient (Wildman–Crippen LogP) is 2.73. The first-order chi connectivity index (χ1) is 5.16. The second kappa shape index (κ2) is 3.52. The summed E-state index contributed by atoms with van der Waals surface area (Å²) in [5.41, 5.74) is 0.580. The zero-order chi connectivity index (χ0) is 8.43. The van der Waals surface area contributed by atoms with E-state index in [9.17, 15) is 4.39 Å². The molecular formula is C7H5BrClFO. The number of aliphatic hydroxyl groups is 1. The highest BCUT2D eigenvalue weighted by Gasteiger charge is 2.07. The molecule has 0 amide bonds. The first-order valence-electron chi connectivity index (χ1n) is 2.90. The largest absolute Gasteiger partial charge is 0.392 e. The average molecular weight is 239 g/mol. The van der Waals surface area contributed by atoms with Crippen molar-refractivity contribution in [3.8, 4) is 0 Å². The maximum atomic E-state index is 12.7. The molecule has 0 aliphatic rings. The van der Waals surface area contributed by atoms with Crippen molar-refractivity contribution in [2.24, 2.45) is 0 Å². The highest BCUT2D eigenvalue weighted by atomic mass is 79.9. The highest BCUT2D eigenvalue weighted by molar-refractivity contribution is 9.10. The van der Waals surface area contributed by atoms with Gasteiger partial charge in [0.2, 0.25) is 0 Å². The van der Waals surface area contributed by atoms with Gasteiger partial charge < -0.3 is 5.11 Å². The molecule has 0 saturated carbocycles. The second-order valence-corrected chi connectivity index (χ2v) is 3.16. The number of hydrogen-bond acceptors (Lipinski definition) is 1. The van der Waals surface area contributed by atoms with Crippen molar-refractivity contribution in [1.29, 1.82) is 0 Å². The van der Waals surface area contributed by atoms with Crippen molar-refractivity contribution < 1.29 is 9.50 Å². The van der Waals surface area contributed by atoms with E-state index in [1.165, 1.54) is 12.1 Å². The van der Waals surface area contributed by atoms with E-state index >= 15 is 0 Å². The summed E-state index contributed by atoms with van der Waals surface area (Å²) in [6.45, 7) is -0.152. The van der Waals surface area contributed by atoms with Crippen LogP contribution in [0.3, 0.4) is 0 Å². The monoisotopic (exact) mass is 238 g/mol. The first-order valence-corrected chi connectivity index (χ1v) is 4.07. The summed E-state index contributed by atoms with van der Waals surface area (Å²) in [6.07, 6.45) is 0. The fraction of sp³-hybridized carbons (Fsp3) is 0.143. The molecule has 0 aliphatic carbocycles. The minimum atomic E-state index is -0.490. The third kappa shape index (κ3) is 1.72. The van der Waals surface area contributed by atoms with Crippen LogP contribution in [0.15, 0.2) is 16.6 Å². The van der Waals surface area contributed by atoms with Crippen LogP contribution >= 0.6 is 27.5 Å². The quantitative estimate of drug-likeness (QED) is 0.747. The van der Waals surface area contributed by atoms with E-state index in [1.54, 1.807) is 0 Å². The minimum Gasteiger partial charge on any atom is -0.392 e. The van der Waals surface area contributed by atoms with Gasteiger partial charge in [0.1, 0.15) is 5.82 Å². The van der Waals surface area contributed by atoms with Crippen molar-refractivity contribution in [1.82, 2.24) is 0 Å². The summed E-state index contributed by atoms with van der Waals surface area (Å²) in [7, 11) is 0. The van der Waals surface area contributed by atoms with Gasteiger partial charge in [-0.1, -0.05) is 17.7 Å². The summed E-state index contributed by atoms with van der Waals surface area (Å²) >= 11 is 8.59. The van der Waals surface area contributed by atoms with Gasteiger partial charge in [0.05, 0.1) is 11.6 Å². The van der Waals surface area contributed by atoms with Crippen LogP contribution in [0.2, 0.25) is 5.02 Å². The maximum Gasteiger partial charge on any atom is 0.142 e. The predicted molar refractivity (Wildman–Crippen MR) is 45.0 cm³/mol. The lowest BCUT2D eigenvalue weighted by molar-refractivity contribution is 0.281. The van der Waals surface area contributed by atoms with Crippen LogP contribution in [-0.4, -0.2) is 5.11 Å². The molecule has 1 rings (SSSR count). The van der Waals surface area contributed by atoms with Crippen LogP contribution in [0.1, 0.15) is 5.56 Å². The third-order valence-corrected chi connectivity index (χ3v) is 2.79. The molecule has 0 spiro atoms. The zero-order valence-corrected chi connectivity index (χ0v) is 7.78. The van der Waals surface area contributed by atoms with Gasteiger partial charge in [-0.05, 0) is 27.6 Å². The Morgan fingerprint density at radius 3 is 2.73 bits per heavy atom. The lowest BCUT2D eigenvalue weighted by Crippen LogP contribution is -1.88. The number of aliphatic hydroxyl groups excluding tert-OH is 1. The summed E-state index contributed by atoms with van der Waals surface area (Å²) in [5.74, 6) is -0.490. The van der Waals surface area contributed by atoms with E-state index in [0.29, 0.717) is 10.0 Å². The third-order valence-electron chi connectivity index (χ3n) is 1.29. The molecule has 0 fully saturated rings. The molecule has 0 heterocycles. The van der Waals surface area contributed by atoms with Gasteiger partial charge in [0.15, 0.2) is 0 Å². The number of halogens is 3. The fourth-order valence-electron chi connectivity index (χ4n) is 0.688. The van der Waals surface area contributed by atoms with Crippen molar-refractivity contribution >= 4 is 27.5 Å². The molecule has 0 bridgehead atoms. The molecule has 0 saturated heterocycles. The Hall–Kier alpha value is -0.120. The van der Waals surface area contributed by atoms with E-state index in [-0.39, 0.29) is 11.6 Å². The smallest absolute Gasteiger partial charge is 0.142 e. The van der Waals surface area contributed by atoms with Gasteiger partial charge in [-0.3, -0.25) is 0 Å². The van der Waals surface area contributed by atoms with Crippen LogP contribution in [0.5, 0.6) is 0 Å². The minimum absolute atomic E-state index is 0.0107. The van der Waals surface area contributed by atoms with Gasteiger partial charge >= 0.3 is 0 Å². The van der Waals surface area contributed by atoms with E-state index in [2.05, 4.69) is 15.9 Å². The standard InChI is InChI=1S/C7H5BrClFO/c8-6-4(3-11)1-2-5(10)7(6)9/h1-2,11H,3H2. The van der Waals surface area contributed by atoms with Crippen molar-refractivity contribution in [2.45, 2.75) is 6.61 Å². The molecule has 1 aromatic carbocycles. The fourth-order valence-corrected chi connectivity index (χ4v) is 1.32. The molecule has 0 unspecified atom stereocenters. The Bertz CT molecular complexity index is 277. The summed E-state index contributed by atoms with van der Waals surface area (Å²) < 4.78 is 13.1. The van der Waals surface area contributed by atoms with Crippen LogP contribution in [0.25, 0.3) is 0 Å². The van der Waals surface area contributed by atoms with Crippen LogP contribution in [0.4, 0.5) is 4.39 Å². The van der Waals surface area contributed by atoms with Gasteiger partial charge in [0.25, 0.3) is 0 Å². The molecular weight excluding hydrogens is 234 g/mol. The topological polar surface area (TPSA) is 20.2 Å². The second-order valence-electron chi connectivity index (χ2n) is 1.99. The summed E-state index contributed by atoms with van der Waals surface area (Å²) in [4.78, 5) is 0. The van der Waals surface area contributed by atoms with Crippen molar-refractivity contribution in [3.63, 3.8) is 0 Å². The van der Waals surface area contributed by atoms with Crippen LogP contribution in [-0.2, 0) is 6.61 Å². The molecule has 11 heavy (non-hydrogen) atoms. The Kier molecular flexibility index (Phi) is 2.87.